The van der Waals surface area contributed by atoms with Gasteiger partial charge in [0, 0.05) is 0 Å². The van der Waals surface area contributed by atoms with Crippen molar-refractivity contribution in [2.45, 2.75) is 39.7 Å². The van der Waals surface area contributed by atoms with Gasteiger partial charge in [-0.15, -0.1) is 0 Å². The van der Waals surface area contributed by atoms with E-state index in [1.807, 2.05) is 6.92 Å². The molecular weight excluding hydrogens is 236 g/mol. The molecule has 104 valence electrons. The highest BCUT2D eigenvalue weighted by molar-refractivity contribution is 5.94. The molecule has 0 aliphatic carbocycles. The van der Waals surface area contributed by atoms with E-state index in [1.165, 1.54) is 12.2 Å². The predicted octanol–water partition coefficient (Wildman–Crippen LogP) is 1.45. The first-order chi connectivity index (χ1) is 8.52. The van der Waals surface area contributed by atoms with E-state index in [1.54, 1.807) is 13.8 Å². The summed E-state index contributed by atoms with van der Waals surface area (Å²) >= 11 is 0. The average molecular weight is 258 g/mol. The molecule has 0 saturated carbocycles. The van der Waals surface area contributed by atoms with Crippen LogP contribution in [0.25, 0.3) is 0 Å². The quantitative estimate of drug-likeness (QED) is 0.405. The van der Waals surface area contributed by atoms with Crippen LogP contribution in [0.15, 0.2) is 12.2 Å². The number of hydrogen-bond donors (Lipinski definition) is 1. The molecule has 0 spiro atoms. The number of aliphatic hydroxyl groups is 1. The molecule has 0 aromatic carbocycles. The SMILES string of the molecule is CCCC(C(=O)OCC=CCO)C(=O)OC(C)C. The van der Waals surface area contributed by atoms with E-state index in [4.69, 9.17) is 14.6 Å². The molecule has 0 heterocycles. The van der Waals surface area contributed by atoms with Gasteiger partial charge in [0.05, 0.1) is 12.7 Å². The molecule has 1 unspecified atom stereocenters. The number of carbonyl (C=O) groups excluding carboxylic acids is 2. The molecule has 1 atom stereocenters. The molecule has 0 aromatic rings. The fourth-order valence-electron chi connectivity index (χ4n) is 1.31. The van der Waals surface area contributed by atoms with Crippen molar-refractivity contribution >= 4 is 11.9 Å². The Morgan fingerprint density at radius 1 is 1.22 bits per heavy atom. The van der Waals surface area contributed by atoms with E-state index < -0.39 is 17.9 Å². The van der Waals surface area contributed by atoms with Crippen molar-refractivity contribution in [1.29, 1.82) is 0 Å². The zero-order valence-corrected chi connectivity index (χ0v) is 11.2. The van der Waals surface area contributed by atoms with Gasteiger partial charge >= 0.3 is 11.9 Å². The standard InChI is InChI=1S/C13H22O5/c1-4-7-11(13(16)18-10(2)3)12(15)17-9-6-5-8-14/h5-6,10-11,14H,4,7-9H2,1-3H3. The van der Waals surface area contributed by atoms with Crippen molar-refractivity contribution in [3.05, 3.63) is 12.2 Å². The summed E-state index contributed by atoms with van der Waals surface area (Å²) in [6, 6.07) is 0. The summed E-state index contributed by atoms with van der Waals surface area (Å²) in [6.07, 6.45) is 3.84. The Balaban J connectivity index is 4.34. The first-order valence-electron chi connectivity index (χ1n) is 6.15. The second-order valence-corrected chi connectivity index (χ2v) is 4.11. The van der Waals surface area contributed by atoms with Crippen LogP contribution in [-0.2, 0) is 19.1 Å². The van der Waals surface area contributed by atoms with E-state index in [0.717, 1.165) is 0 Å². The Bertz CT molecular complexity index is 283. The van der Waals surface area contributed by atoms with Gasteiger partial charge in [-0.05, 0) is 26.3 Å². The van der Waals surface area contributed by atoms with Crippen LogP contribution in [-0.4, -0.2) is 36.4 Å². The van der Waals surface area contributed by atoms with Gasteiger partial charge in [0.1, 0.15) is 6.61 Å². The minimum Gasteiger partial charge on any atom is -0.462 e. The first kappa shape index (κ1) is 16.6. The first-order valence-corrected chi connectivity index (χ1v) is 6.15. The molecule has 0 radical (unpaired) electrons. The van der Waals surface area contributed by atoms with Gasteiger partial charge in [-0.1, -0.05) is 19.4 Å². The lowest BCUT2D eigenvalue weighted by molar-refractivity contribution is -0.164. The van der Waals surface area contributed by atoms with E-state index in [9.17, 15) is 9.59 Å². The second-order valence-electron chi connectivity index (χ2n) is 4.11. The van der Waals surface area contributed by atoms with Gasteiger partial charge in [0.15, 0.2) is 5.92 Å². The highest BCUT2D eigenvalue weighted by Gasteiger charge is 2.29. The van der Waals surface area contributed by atoms with Crippen molar-refractivity contribution in [1.82, 2.24) is 0 Å². The molecule has 1 N–H and O–H groups in total. The molecule has 5 heteroatoms. The van der Waals surface area contributed by atoms with Crippen molar-refractivity contribution < 1.29 is 24.2 Å². The number of aliphatic hydroxyl groups excluding tert-OH is 1. The molecule has 18 heavy (non-hydrogen) atoms. The Morgan fingerprint density at radius 2 is 1.89 bits per heavy atom. The predicted molar refractivity (Wildman–Crippen MR) is 66.8 cm³/mol. The molecule has 0 aliphatic rings. The van der Waals surface area contributed by atoms with Crippen LogP contribution in [0.3, 0.4) is 0 Å². The summed E-state index contributed by atoms with van der Waals surface area (Å²) in [4.78, 5) is 23.4. The Hall–Kier alpha value is -1.36. The third-order valence-electron chi connectivity index (χ3n) is 2.09. The molecule has 0 amide bonds. The molecule has 0 fully saturated rings. The van der Waals surface area contributed by atoms with Gasteiger partial charge in [0.25, 0.3) is 0 Å². The van der Waals surface area contributed by atoms with Crippen LogP contribution < -0.4 is 0 Å². The number of esters is 2. The fraction of sp³-hybridized carbons (Fsp3) is 0.692. The topological polar surface area (TPSA) is 72.8 Å². The smallest absolute Gasteiger partial charge is 0.320 e. The number of carbonyl (C=O) groups is 2. The average Bonchev–Trinajstić information content (AvgIpc) is 2.30. The van der Waals surface area contributed by atoms with E-state index >= 15 is 0 Å². The zero-order chi connectivity index (χ0) is 14.0. The summed E-state index contributed by atoms with van der Waals surface area (Å²) in [5, 5.41) is 8.51. The zero-order valence-electron chi connectivity index (χ0n) is 11.2. The fourth-order valence-corrected chi connectivity index (χ4v) is 1.31. The Labute approximate surface area is 108 Å². The largest absolute Gasteiger partial charge is 0.462 e. The van der Waals surface area contributed by atoms with Gasteiger partial charge < -0.3 is 14.6 Å². The minimum absolute atomic E-state index is 0.0502. The van der Waals surface area contributed by atoms with Gasteiger partial charge in [-0.3, -0.25) is 9.59 Å². The maximum Gasteiger partial charge on any atom is 0.320 e. The Morgan fingerprint density at radius 3 is 2.39 bits per heavy atom. The Kier molecular flexibility index (Phi) is 8.92. The maximum atomic E-state index is 11.7. The second kappa shape index (κ2) is 9.65. The van der Waals surface area contributed by atoms with Crippen molar-refractivity contribution in [2.24, 2.45) is 5.92 Å². The van der Waals surface area contributed by atoms with Crippen LogP contribution in [0, 0.1) is 5.92 Å². The van der Waals surface area contributed by atoms with Gasteiger partial charge in [-0.25, -0.2) is 0 Å². The van der Waals surface area contributed by atoms with Gasteiger partial charge in [0.2, 0.25) is 0 Å². The van der Waals surface area contributed by atoms with Crippen LogP contribution >= 0.6 is 0 Å². The lowest BCUT2D eigenvalue weighted by atomic mass is 10.0. The summed E-state index contributed by atoms with van der Waals surface area (Å²) in [7, 11) is 0. The van der Waals surface area contributed by atoms with Crippen LogP contribution in [0.2, 0.25) is 0 Å². The highest BCUT2D eigenvalue weighted by atomic mass is 16.6. The molecule has 5 nitrogen and oxygen atoms in total. The normalized spacial score (nSPS) is 12.7. The molecule has 0 rings (SSSR count). The lowest BCUT2D eigenvalue weighted by Gasteiger charge is -2.15. The molecule has 0 aromatic heterocycles. The molecule has 0 aliphatic heterocycles. The molecular formula is C13H22O5. The highest BCUT2D eigenvalue weighted by Crippen LogP contribution is 2.12. The number of rotatable bonds is 8. The lowest BCUT2D eigenvalue weighted by Crippen LogP contribution is -2.29. The van der Waals surface area contributed by atoms with Gasteiger partial charge in [-0.2, -0.15) is 0 Å². The van der Waals surface area contributed by atoms with E-state index in [-0.39, 0.29) is 19.3 Å². The summed E-state index contributed by atoms with van der Waals surface area (Å²) in [6.45, 7) is 5.29. The molecule has 0 bridgehead atoms. The summed E-state index contributed by atoms with van der Waals surface area (Å²) < 4.78 is 9.94. The maximum absolute atomic E-state index is 11.7. The van der Waals surface area contributed by atoms with Crippen molar-refractivity contribution in [3.63, 3.8) is 0 Å². The van der Waals surface area contributed by atoms with Crippen molar-refractivity contribution in [3.8, 4) is 0 Å². The summed E-state index contributed by atoms with van der Waals surface area (Å²) in [5.41, 5.74) is 0. The van der Waals surface area contributed by atoms with E-state index in [0.29, 0.717) is 12.8 Å². The van der Waals surface area contributed by atoms with E-state index in [2.05, 4.69) is 0 Å². The third-order valence-corrected chi connectivity index (χ3v) is 2.09. The van der Waals surface area contributed by atoms with Crippen LogP contribution in [0.4, 0.5) is 0 Å². The minimum atomic E-state index is -0.861. The van der Waals surface area contributed by atoms with Crippen LogP contribution in [0.1, 0.15) is 33.6 Å². The molecule has 0 saturated heterocycles. The monoisotopic (exact) mass is 258 g/mol. The summed E-state index contributed by atoms with van der Waals surface area (Å²) in [5.74, 6) is -1.98. The number of ether oxygens (including phenoxy) is 2. The van der Waals surface area contributed by atoms with Crippen molar-refractivity contribution in [2.75, 3.05) is 13.2 Å². The third kappa shape index (κ3) is 7.06. The van der Waals surface area contributed by atoms with Crippen LogP contribution in [0.5, 0.6) is 0 Å². The number of hydrogen-bond acceptors (Lipinski definition) is 5.